The maximum absolute atomic E-state index is 13.0. The van der Waals surface area contributed by atoms with Crippen LogP contribution in [0.5, 0.6) is 0 Å². The molecule has 0 spiro atoms. The molecule has 3 rings (SSSR count). The van der Waals surface area contributed by atoms with Gasteiger partial charge in [-0.3, -0.25) is 5.10 Å². The van der Waals surface area contributed by atoms with Gasteiger partial charge in [0.1, 0.15) is 4.90 Å². The zero-order chi connectivity index (χ0) is 17.3. The van der Waals surface area contributed by atoms with E-state index in [4.69, 9.17) is 4.74 Å². The number of nitrogens with one attached hydrogen (secondary N) is 1. The Balaban J connectivity index is 1.83. The molecule has 1 aliphatic rings. The fourth-order valence-corrected chi connectivity index (χ4v) is 5.12. The molecule has 2 unspecified atom stereocenters. The molecule has 0 bridgehead atoms. The van der Waals surface area contributed by atoms with Crippen LogP contribution in [0.4, 0.5) is 0 Å². The highest BCUT2D eigenvalue weighted by molar-refractivity contribution is 7.89. The second-order valence-corrected chi connectivity index (χ2v) is 8.22. The molecular weight excluding hydrogens is 326 g/mol. The number of ether oxygens (including phenoxy) is 1. The van der Waals surface area contributed by atoms with Crippen LogP contribution in [-0.2, 0) is 21.2 Å². The second kappa shape index (κ2) is 6.66. The summed E-state index contributed by atoms with van der Waals surface area (Å²) in [6, 6.07) is 10.00. The summed E-state index contributed by atoms with van der Waals surface area (Å²) in [6.07, 6.45) is 0.397. The third-order valence-corrected chi connectivity index (χ3v) is 6.35. The molecule has 130 valence electrons. The molecule has 1 saturated heterocycles. The normalized spacial score (nSPS) is 22.6. The molecule has 1 aliphatic heterocycles. The molecular formula is C17H23N3O3S. The Morgan fingerprint density at radius 3 is 2.58 bits per heavy atom. The van der Waals surface area contributed by atoms with Crippen molar-refractivity contribution in [2.75, 3.05) is 13.1 Å². The highest BCUT2D eigenvalue weighted by Crippen LogP contribution is 2.25. The van der Waals surface area contributed by atoms with E-state index in [0.29, 0.717) is 30.9 Å². The molecule has 1 fully saturated rings. The van der Waals surface area contributed by atoms with Gasteiger partial charge < -0.3 is 4.74 Å². The Morgan fingerprint density at radius 1 is 1.25 bits per heavy atom. The fraction of sp³-hybridized carbons (Fsp3) is 0.471. The second-order valence-electron chi connectivity index (χ2n) is 6.34. The molecule has 0 radical (unpaired) electrons. The van der Waals surface area contributed by atoms with Gasteiger partial charge in [-0.2, -0.15) is 9.40 Å². The number of aryl methyl sites for hydroxylation is 2. The van der Waals surface area contributed by atoms with Crippen LogP contribution in [-0.4, -0.2) is 48.2 Å². The number of aromatic amines is 1. The van der Waals surface area contributed by atoms with Crippen LogP contribution in [0.2, 0.25) is 0 Å². The average molecular weight is 349 g/mol. The van der Waals surface area contributed by atoms with Gasteiger partial charge in [0.2, 0.25) is 10.0 Å². The number of rotatable bonds is 4. The minimum Gasteiger partial charge on any atom is -0.372 e. The molecule has 2 atom stereocenters. The van der Waals surface area contributed by atoms with Crippen molar-refractivity contribution >= 4 is 10.0 Å². The lowest BCUT2D eigenvalue weighted by Crippen LogP contribution is -2.49. The molecule has 2 aromatic rings. The van der Waals surface area contributed by atoms with E-state index in [-0.39, 0.29) is 17.1 Å². The van der Waals surface area contributed by atoms with E-state index in [1.54, 1.807) is 13.8 Å². The van der Waals surface area contributed by atoms with Crippen molar-refractivity contribution in [3.05, 3.63) is 47.3 Å². The van der Waals surface area contributed by atoms with E-state index in [9.17, 15) is 8.42 Å². The average Bonchev–Trinajstić information content (AvgIpc) is 2.87. The Labute approximate surface area is 142 Å². The predicted molar refractivity (Wildman–Crippen MR) is 91.3 cm³/mol. The van der Waals surface area contributed by atoms with Crippen molar-refractivity contribution in [1.29, 1.82) is 0 Å². The Kier molecular flexibility index (Phi) is 4.76. The first-order valence-corrected chi connectivity index (χ1v) is 9.53. The lowest BCUT2D eigenvalue weighted by molar-refractivity contribution is -0.0529. The summed E-state index contributed by atoms with van der Waals surface area (Å²) in [5.41, 5.74) is 2.22. The van der Waals surface area contributed by atoms with Crippen molar-refractivity contribution < 1.29 is 13.2 Å². The van der Waals surface area contributed by atoms with Crippen molar-refractivity contribution in [2.45, 2.75) is 44.3 Å². The van der Waals surface area contributed by atoms with E-state index in [0.717, 1.165) is 5.56 Å². The highest BCUT2D eigenvalue weighted by Gasteiger charge is 2.36. The number of hydrogen-bond donors (Lipinski definition) is 1. The van der Waals surface area contributed by atoms with E-state index >= 15 is 0 Å². The fourth-order valence-electron chi connectivity index (χ4n) is 3.24. The third kappa shape index (κ3) is 3.38. The smallest absolute Gasteiger partial charge is 0.246 e. The van der Waals surface area contributed by atoms with Gasteiger partial charge in [0.25, 0.3) is 0 Å². The van der Waals surface area contributed by atoms with Crippen LogP contribution < -0.4 is 0 Å². The lowest BCUT2D eigenvalue weighted by atomic mass is 10.1. The van der Waals surface area contributed by atoms with Crippen LogP contribution >= 0.6 is 0 Å². The van der Waals surface area contributed by atoms with Crippen molar-refractivity contribution in [2.24, 2.45) is 0 Å². The minimum absolute atomic E-state index is 0.144. The van der Waals surface area contributed by atoms with E-state index in [1.165, 1.54) is 4.31 Å². The first-order valence-electron chi connectivity index (χ1n) is 8.09. The summed E-state index contributed by atoms with van der Waals surface area (Å²) in [7, 11) is -3.58. The molecule has 0 amide bonds. The van der Waals surface area contributed by atoms with E-state index in [2.05, 4.69) is 10.2 Å². The van der Waals surface area contributed by atoms with Gasteiger partial charge in [-0.25, -0.2) is 8.42 Å². The van der Waals surface area contributed by atoms with Crippen molar-refractivity contribution in [1.82, 2.24) is 14.5 Å². The van der Waals surface area contributed by atoms with Gasteiger partial charge in [-0.15, -0.1) is 0 Å². The van der Waals surface area contributed by atoms with Crippen LogP contribution in [0.1, 0.15) is 23.9 Å². The van der Waals surface area contributed by atoms with E-state index in [1.807, 2.05) is 37.3 Å². The highest BCUT2D eigenvalue weighted by atomic mass is 32.2. The van der Waals surface area contributed by atoms with Gasteiger partial charge in [-0.1, -0.05) is 30.3 Å². The topological polar surface area (TPSA) is 75.3 Å². The van der Waals surface area contributed by atoms with Gasteiger partial charge in [0.05, 0.1) is 23.6 Å². The van der Waals surface area contributed by atoms with Gasteiger partial charge in [0.15, 0.2) is 0 Å². The largest absolute Gasteiger partial charge is 0.372 e. The first kappa shape index (κ1) is 17.1. The number of aromatic nitrogens is 2. The monoisotopic (exact) mass is 349 g/mol. The van der Waals surface area contributed by atoms with Crippen LogP contribution in [0, 0.1) is 13.8 Å². The molecule has 24 heavy (non-hydrogen) atoms. The molecule has 0 aliphatic carbocycles. The maximum atomic E-state index is 13.0. The zero-order valence-electron chi connectivity index (χ0n) is 14.2. The molecule has 2 heterocycles. The maximum Gasteiger partial charge on any atom is 0.246 e. The summed E-state index contributed by atoms with van der Waals surface area (Å²) in [5, 5.41) is 6.78. The van der Waals surface area contributed by atoms with Crippen molar-refractivity contribution in [3.8, 4) is 0 Å². The summed E-state index contributed by atoms with van der Waals surface area (Å²) < 4.78 is 33.6. The molecule has 7 heteroatoms. The van der Waals surface area contributed by atoms with Crippen LogP contribution in [0.25, 0.3) is 0 Å². The Morgan fingerprint density at radius 2 is 1.96 bits per heavy atom. The van der Waals surface area contributed by atoms with Crippen molar-refractivity contribution in [3.63, 3.8) is 0 Å². The zero-order valence-corrected chi connectivity index (χ0v) is 15.0. The number of nitrogens with zero attached hydrogens (tertiary/aromatic N) is 2. The molecule has 1 aromatic heterocycles. The Hall–Kier alpha value is -1.70. The summed E-state index contributed by atoms with van der Waals surface area (Å²) >= 11 is 0. The molecule has 0 saturated carbocycles. The van der Waals surface area contributed by atoms with Crippen LogP contribution in [0.15, 0.2) is 35.2 Å². The number of benzene rings is 1. The summed E-state index contributed by atoms with van der Waals surface area (Å²) in [5.74, 6) is 0. The number of sulfonamides is 1. The minimum atomic E-state index is -3.58. The lowest BCUT2D eigenvalue weighted by Gasteiger charge is -2.36. The quantitative estimate of drug-likeness (QED) is 0.917. The molecule has 1 aromatic carbocycles. The number of morpholine rings is 1. The Bertz CT molecular complexity index is 782. The van der Waals surface area contributed by atoms with E-state index < -0.39 is 10.0 Å². The third-order valence-electron chi connectivity index (χ3n) is 4.26. The standard InChI is InChI=1S/C17H23N3O3S/c1-12-10-20(24(21,22)17-13(2)18-19-14(17)3)11-16(23-12)9-15-7-5-4-6-8-15/h4-8,12,16H,9-11H2,1-3H3,(H,18,19). The molecule has 6 nitrogen and oxygen atoms in total. The summed E-state index contributed by atoms with van der Waals surface area (Å²) in [6.45, 7) is 6.07. The molecule has 1 N–H and O–H groups in total. The van der Waals surface area contributed by atoms with Gasteiger partial charge in [-0.05, 0) is 32.8 Å². The van der Waals surface area contributed by atoms with Crippen LogP contribution in [0.3, 0.4) is 0 Å². The summed E-state index contributed by atoms with van der Waals surface area (Å²) in [4.78, 5) is 0.287. The first-order chi connectivity index (χ1) is 11.4. The number of hydrogen-bond acceptors (Lipinski definition) is 4. The predicted octanol–water partition coefficient (Wildman–Crippen LogP) is 2.05. The SMILES string of the molecule is Cc1n[nH]c(C)c1S(=O)(=O)N1CC(C)OC(Cc2ccccc2)C1. The van der Waals surface area contributed by atoms with Gasteiger partial charge in [0, 0.05) is 13.1 Å². The number of H-pyrrole nitrogens is 1. The van der Waals surface area contributed by atoms with Gasteiger partial charge >= 0.3 is 0 Å².